The van der Waals surface area contributed by atoms with Crippen LogP contribution in [0.15, 0.2) is 78.8 Å². The molecule has 2 unspecified atom stereocenters. The Labute approximate surface area is 179 Å². The molecule has 0 spiro atoms. The standard InChI is InChI=1S/C23H18Cl2N2O2/c1-27-21(16-4-8-18(24)9-5-16)22(17-6-10-19(25)11-7-17)29-20(23(27)28)13-15-3-2-12-26-14-15/h2-14,21-22H,1H3/b20-13+. The molecule has 1 aliphatic heterocycles. The van der Waals surface area contributed by atoms with E-state index in [4.69, 9.17) is 27.9 Å². The van der Waals surface area contributed by atoms with E-state index in [0.29, 0.717) is 10.0 Å². The Hall–Kier alpha value is -2.82. The van der Waals surface area contributed by atoms with Crippen LogP contribution in [0.25, 0.3) is 6.08 Å². The first-order chi connectivity index (χ1) is 14.0. The summed E-state index contributed by atoms with van der Waals surface area (Å²) in [5.74, 6) is 0.0738. The van der Waals surface area contributed by atoms with Crippen LogP contribution in [0.5, 0.6) is 0 Å². The maximum absolute atomic E-state index is 13.1. The summed E-state index contributed by atoms with van der Waals surface area (Å²) in [5, 5.41) is 1.28. The van der Waals surface area contributed by atoms with E-state index in [-0.39, 0.29) is 17.7 Å². The number of amides is 1. The Kier molecular flexibility index (Phi) is 5.56. The van der Waals surface area contributed by atoms with E-state index in [1.165, 1.54) is 0 Å². The van der Waals surface area contributed by atoms with Crippen molar-refractivity contribution >= 4 is 35.2 Å². The Balaban J connectivity index is 1.78. The number of halogens is 2. The van der Waals surface area contributed by atoms with Crippen molar-refractivity contribution < 1.29 is 9.53 Å². The third-order valence-corrected chi connectivity index (χ3v) is 5.39. The molecule has 3 aromatic rings. The van der Waals surface area contributed by atoms with Crippen LogP contribution in [-0.4, -0.2) is 22.8 Å². The first-order valence-corrected chi connectivity index (χ1v) is 9.85. The highest BCUT2D eigenvalue weighted by molar-refractivity contribution is 6.30. The van der Waals surface area contributed by atoms with Crippen LogP contribution in [-0.2, 0) is 9.53 Å². The highest BCUT2D eigenvalue weighted by atomic mass is 35.5. The lowest BCUT2D eigenvalue weighted by molar-refractivity contribution is -0.144. The maximum atomic E-state index is 13.1. The average molecular weight is 425 g/mol. The van der Waals surface area contributed by atoms with Gasteiger partial charge in [0, 0.05) is 29.5 Å². The van der Waals surface area contributed by atoms with E-state index in [2.05, 4.69) is 4.98 Å². The van der Waals surface area contributed by atoms with Crippen molar-refractivity contribution in [2.75, 3.05) is 7.05 Å². The van der Waals surface area contributed by atoms with Crippen molar-refractivity contribution in [1.29, 1.82) is 0 Å². The first-order valence-electron chi connectivity index (χ1n) is 9.09. The number of rotatable bonds is 3. The molecule has 4 nitrogen and oxygen atoms in total. The molecule has 2 heterocycles. The Morgan fingerprint density at radius 2 is 1.59 bits per heavy atom. The molecule has 2 atom stereocenters. The van der Waals surface area contributed by atoms with Crippen molar-refractivity contribution in [1.82, 2.24) is 9.88 Å². The molecule has 0 saturated carbocycles. The van der Waals surface area contributed by atoms with Gasteiger partial charge in [-0.25, -0.2) is 0 Å². The number of hydrogen-bond donors (Lipinski definition) is 0. The average Bonchev–Trinajstić information content (AvgIpc) is 2.74. The summed E-state index contributed by atoms with van der Waals surface area (Å²) in [6.45, 7) is 0. The molecule has 1 fully saturated rings. The highest BCUT2D eigenvalue weighted by Gasteiger charge is 2.40. The number of carbonyl (C=O) groups is 1. The van der Waals surface area contributed by atoms with Gasteiger partial charge in [-0.1, -0.05) is 53.5 Å². The number of ether oxygens (including phenoxy) is 1. The molecular formula is C23H18Cl2N2O2. The zero-order valence-corrected chi connectivity index (χ0v) is 17.1. The fourth-order valence-electron chi connectivity index (χ4n) is 3.42. The quantitative estimate of drug-likeness (QED) is 0.506. The lowest BCUT2D eigenvalue weighted by atomic mass is 9.92. The van der Waals surface area contributed by atoms with E-state index in [1.54, 1.807) is 30.4 Å². The topological polar surface area (TPSA) is 42.4 Å². The molecule has 1 aliphatic rings. The Morgan fingerprint density at radius 3 is 2.17 bits per heavy atom. The van der Waals surface area contributed by atoms with Crippen LogP contribution in [0.1, 0.15) is 28.8 Å². The predicted octanol–water partition coefficient (Wildman–Crippen LogP) is 5.70. The number of pyridine rings is 1. The van der Waals surface area contributed by atoms with Crippen molar-refractivity contribution in [2.45, 2.75) is 12.1 Å². The molecule has 146 valence electrons. The van der Waals surface area contributed by atoms with Crippen LogP contribution >= 0.6 is 23.2 Å². The number of benzene rings is 2. The van der Waals surface area contributed by atoms with Crippen LogP contribution in [0.4, 0.5) is 0 Å². The molecule has 0 N–H and O–H groups in total. The van der Waals surface area contributed by atoms with Gasteiger partial charge >= 0.3 is 0 Å². The van der Waals surface area contributed by atoms with Gasteiger partial charge in [-0.05, 0) is 53.1 Å². The molecule has 0 bridgehead atoms. The molecule has 1 saturated heterocycles. The van der Waals surface area contributed by atoms with Gasteiger partial charge in [0.05, 0.1) is 6.04 Å². The lowest BCUT2D eigenvalue weighted by Crippen LogP contribution is -2.42. The summed E-state index contributed by atoms with van der Waals surface area (Å²) in [7, 11) is 1.78. The fraction of sp³-hybridized carbons (Fsp3) is 0.130. The molecule has 1 aromatic heterocycles. The summed E-state index contributed by atoms with van der Waals surface area (Å²) in [6.07, 6.45) is 4.68. The highest BCUT2D eigenvalue weighted by Crippen LogP contribution is 2.43. The zero-order chi connectivity index (χ0) is 20.4. The van der Waals surface area contributed by atoms with Gasteiger partial charge in [0.2, 0.25) is 0 Å². The number of likely N-dealkylation sites (N-methyl/N-ethyl adjacent to an activating group) is 1. The number of aromatic nitrogens is 1. The predicted molar refractivity (Wildman–Crippen MR) is 114 cm³/mol. The summed E-state index contributed by atoms with van der Waals surface area (Å²) < 4.78 is 6.26. The molecule has 6 heteroatoms. The van der Waals surface area contributed by atoms with E-state index in [9.17, 15) is 4.79 Å². The maximum Gasteiger partial charge on any atom is 0.289 e. The first kappa shape index (κ1) is 19.5. The van der Waals surface area contributed by atoms with E-state index in [0.717, 1.165) is 16.7 Å². The second kappa shape index (κ2) is 8.27. The molecule has 0 radical (unpaired) electrons. The van der Waals surface area contributed by atoms with Crippen LogP contribution in [0.2, 0.25) is 10.0 Å². The summed E-state index contributed by atoms with van der Waals surface area (Å²) in [5.41, 5.74) is 2.65. The van der Waals surface area contributed by atoms with E-state index in [1.807, 2.05) is 60.7 Å². The second-order valence-corrected chi connectivity index (χ2v) is 7.67. The fourth-order valence-corrected chi connectivity index (χ4v) is 3.68. The van der Waals surface area contributed by atoms with Gasteiger partial charge in [0.25, 0.3) is 5.91 Å². The molecule has 29 heavy (non-hydrogen) atoms. The van der Waals surface area contributed by atoms with Gasteiger partial charge in [0.15, 0.2) is 5.76 Å². The second-order valence-electron chi connectivity index (χ2n) is 6.80. The molecule has 4 rings (SSSR count). The number of nitrogens with zero attached hydrogens (tertiary/aromatic N) is 2. The number of hydrogen-bond acceptors (Lipinski definition) is 3. The summed E-state index contributed by atoms with van der Waals surface area (Å²) >= 11 is 12.1. The smallest absolute Gasteiger partial charge is 0.289 e. The molecular weight excluding hydrogens is 407 g/mol. The third-order valence-electron chi connectivity index (χ3n) is 4.88. The molecule has 0 aliphatic carbocycles. The van der Waals surface area contributed by atoms with E-state index < -0.39 is 6.10 Å². The van der Waals surface area contributed by atoms with Crippen LogP contribution in [0, 0.1) is 0 Å². The van der Waals surface area contributed by atoms with Crippen molar-refractivity contribution in [3.8, 4) is 0 Å². The minimum atomic E-state index is -0.404. The minimum Gasteiger partial charge on any atom is -0.477 e. The number of carbonyl (C=O) groups excluding carboxylic acids is 1. The van der Waals surface area contributed by atoms with Gasteiger partial charge in [-0.2, -0.15) is 0 Å². The SMILES string of the molecule is CN1C(=O)/C(=C\c2cccnc2)OC(c2ccc(Cl)cc2)C1c1ccc(Cl)cc1. The normalized spacial score (nSPS) is 20.6. The molecule has 2 aromatic carbocycles. The summed E-state index contributed by atoms with van der Waals surface area (Å²) in [4.78, 5) is 18.9. The van der Waals surface area contributed by atoms with Crippen molar-refractivity contribution in [2.24, 2.45) is 0 Å². The summed E-state index contributed by atoms with van der Waals surface area (Å²) in [6, 6.07) is 18.3. The molecule has 1 amide bonds. The monoisotopic (exact) mass is 424 g/mol. The lowest BCUT2D eigenvalue weighted by Gasteiger charge is -2.40. The number of morpholine rings is 1. The van der Waals surface area contributed by atoms with Gasteiger partial charge < -0.3 is 9.64 Å². The Bertz CT molecular complexity index is 1030. The third kappa shape index (κ3) is 4.14. The minimum absolute atomic E-state index is 0.195. The zero-order valence-electron chi connectivity index (χ0n) is 15.6. The van der Waals surface area contributed by atoms with Crippen LogP contribution in [0.3, 0.4) is 0 Å². The van der Waals surface area contributed by atoms with Crippen molar-refractivity contribution in [3.63, 3.8) is 0 Å². The van der Waals surface area contributed by atoms with Gasteiger partial charge in [-0.3, -0.25) is 9.78 Å². The van der Waals surface area contributed by atoms with Crippen molar-refractivity contribution in [3.05, 3.63) is 106 Å². The largest absolute Gasteiger partial charge is 0.477 e. The van der Waals surface area contributed by atoms with Gasteiger partial charge in [0.1, 0.15) is 6.10 Å². The Morgan fingerprint density at radius 1 is 0.966 bits per heavy atom. The van der Waals surface area contributed by atoms with Crippen LogP contribution < -0.4 is 0 Å². The van der Waals surface area contributed by atoms with Gasteiger partial charge in [-0.15, -0.1) is 0 Å². The van der Waals surface area contributed by atoms with E-state index >= 15 is 0 Å².